The Kier molecular flexibility index (Phi) is 5.12. The van der Waals surface area contributed by atoms with E-state index in [9.17, 15) is 0 Å². The molecule has 0 aliphatic carbocycles. The first-order chi connectivity index (χ1) is 9.58. The quantitative estimate of drug-likeness (QED) is 0.785. The molecule has 0 aliphatic rings. The number of hydrogen-bond acceptors (Lipinski definition) is 3. The highest BCUT2D eigenvalue weighted by Crippen LogP contribution is 2.37. The monoisotopic (exact) mass is 403 g/mol. The summed E-state index contributed by atoms with van der Waals surface area (Å²) in [5.41, 5.74) is 8.18. The molecule has 0 aliphatic heterocycles. The smallest absolute Gasteiger partial charge is 0.127 e. The zero-order valence-electron chi connectivity index (χ0n) is 11.2. The molecule has 2 N–H and O–H groups in total. The van der Waals surface area contributed by atoms with Gasteiger partial charge in [0.2, 0.25) is 0 Å². The van der Waals surface area contributed by atoms with Crippen molar-refractivity contribution in [1.29, 1.82) is 0 Å². The number of nitrogens with two attached hydrogens (primary N) is 1. The Bertz CT molecular complexity index is 597. The van der Waals surface area contributed by atoms with E-state index in [-0.39, 0.29) is 6.04 Å². The van der Waals surface area contributed by atoms with E-state index < -0.39 is 0 Å². The molecular weight excluding hydrogens is 389 g/mol. The molecule has 0 bridgehead atoms. The van der Waals surface area contributed by atoms with Gasteiger partial charge in [-0.2, -0.15) is 0 Å². The van der Waals surface area contributed by atoms with E-state index in [4.69, 9.17) is 26.8 Å². The lowest BCUT2D eigenvalue weighted by Gasteiger charge is -2.20. The Balaban J connectivity index is 2.58. The molecule has 0 fully saturated rings. The minimum absolute atomic E-state index is 0.369. The summed E-state index contributed by atoms with van der Waals surface area (Å²) >= 11 is 8.32. The van der Waals surface area contributed by atoms with Crippen molar-refractivity contribution in [1.82, 2.24) is 0 Å². The maximum absolute atomic E-state index is 6.42. The average Bonchev–Trinajstić information content (AvgIpc) is 2.48. The number of methoxy groups -OCH3 is 2. The Hall–Kier alpha value is -0.980. The second-order valence-corrected chi connectivity index (χ2v) is 5.82. The van der Waals surface area contributed by atoms with Crippen molar-refractivity contribution in [3.05, 3.63) is 56.1 Å². The van der Waals surface area contributed by atoms with Crippen LogP contribution < -0.4 is 15.2 Å². The zero-order chi connectivity index (χ0) is 14.7. The molecule has 2 aromatic rings. The standard InChI is InChI=1S/C15H15ClINO2/c1-19-12-4-3-5-13(20-2)14(12)15(18)10-8-9(16)6-7-11(10)17/h3-8,15H,18H2,1-2H3. The SMILES string of the molecule is COc1cccc(OC)c1C(N)c1cc(Cl)ccc1I. The molecule has 106 valence electrons. The van der Waals surface area contributed by atoms with E-state index in [1.807, 2.05) is 36.4 Å². The molecule has 1 unspecified atom stereocenters. The summed E-state index contributed by atoms with van der Waals surface area (Å²) in [6, 6.07) is 10.9. The van der Waals surface area contributed by atoms with E-state index in [0.29, 0.717) is 16.5 Å². The van der Waals surface area contributed by atoms with Crippen LogP contribution in [0.5, 0.6) is 11.5 Å². The lowest BCUT2D eigenvalue weighted by atomic mass is 9.98. The molecule has 2 aromatic carbocycles. The Morgan fingerprint density at radius 1 is 1.10 bits per heavy atom. The van der Waals surface area contributed by atoms with Crippen molar-refractivity contribution in [2.24, 2.45) is 5.73 Å². The molecule has 0 radical (unpaired) electrons. The summed E-state index contributed by atoms with van der Waals surface area (Å²) in [5, 5.41) is 0.657. The van der Waals surface area contributed by atoms with Crippen molar-refractivity contribution in [3.8, 4) is 11.5 Å². The highest BCUT2D eigenvalue weighted by Gasteiger charge is 2.21. The third-order valence-corrected chi connectivity index (χ3v) is 4.29. The molecule has 5 heteroatoms. The van der Waals surface area contributed by atoms with Gasteiger partial charge in [-0.3, -0.25) is 0 Å². The fourth-order valence-electron chi connectivity index (χ4n) is 2.09. The van der Waals surface area contributed by atoms with Gasteiger partial charge >= 0.3 is 0 Å². The van der Waals surface area contributed by atoms with Gasteiger partial charge in [-0.1, -0.05) is 17.7 Å². The molecule has 0 saturated heterocycles. The number of benzene rings is 2. The Morgan fingerprint density at radius 3 is 2.25 bits per heavy atom. The highest BCUT2D eigenvalue weighted by molar-refractivity contribution is 14.1. The van der Waals surface area contributed by atoms with Crippen LogP contribution in [0.3, 0.4) is 0 Å². The van der Waals surface area contributed by atoms with Crippen molar-refractivity contribution < 1.29 is 9.47 Å². The molecule has 2 rings (SSSR count). The zero-order valence-corrected chi connectivity index (χ0v) is 14.1. The maximum atomic E-state index is 6.42. The Morgan fingerprint density at radius 2 is 1.70 bits per heavy atom. The summed E-state index contributed by atoms with van der Waals surface area (Å²) in [5.74, 6) is 1.40. The number of hydrogen-bond donors (Lipinski definition) is 1. The third kappa shape index (κ3) is 3.02. The molecular formula is C15H15ClINO2. The van der Waals surface area contributed by atoms with E-state index in [1.165, 1.54) is 0 Å². The fourth-order valence-corrected chi connectivity index (χ4v) is 2.95. The van der Waals surface area contributed by atoms with Crippen LogP contribution in [0.4, 0.5) is 0 Å². The van der Waals surface area contributed by atoms with Gasteiger partial charge in [-0.25, -0.2) is 0 Å². The van der Waals surface area contributed by atoms with Gasteiger partial charge in [0.05, 0.1) is 25.8 Å². The van der Waals surface area contributed by atoms with Gasteiger partial charge in [0.25, 0.3) is 0 Å². The van der Waals surface area contributed by atoms with Crippen LogP contribution in [0.25, 0.3) is 0 Å². The first-order valence-electron chi connectivity index (χ1n) is 6.00. The van der Waals surface area contributed by atoms with Crippen LogP contribution in [0.2, 0.25) is 5.02 Å². The number of ether oxygens (including phenoxy) is 2. The Labute approximate surface area is 137 Å². The molecule has 0 spiro atoms. The van der Waals surface area contributed by atoms with Gasteiger partial charge < -0.3 is 15.2 Å². The minimum atomic E-state index is -0.369. The van der Waals surface area contributed by atoms with Crippen molar-refractivity contribution >= 4 is 34.2 Å². The molecule has 1 atom stereocenters. The second-order valence-electron chi connectivity index (χ2n) is 4.22. The third-order valence-electron chi connectivity index (χ3n) is 3.07. The van der Waals surface area contributed by atoms with E-state index >= 15 is 0 Å². The second kappa shape index (κ2) is 6.65. The van der Waals surface area contributed by atoms with Crippen LogP contribution in [0.15, 0.2) is 36.4 Å². The van der Waals surface area contributed by atoms with E-state index in [0.717, 1.165) is 14.7 Å². The van der Waals surface area contributed by atoms with Gasteiger partial charge in [-0.15, -0.1) is 0 Å². The summed E-state index contributed by atoms with van der Waals surface area (Å²) in [6.07, 6.45) is 0. The summed E-state index contributed by atoms with van der Waals surface area (Å²) in [4.78, 5) is 0. The number of rotatable bonds is 4. The number of halogens is 2. The molecule has 3 nitrogen and oxygen atoms in total. The van der Waals surface area contributed by atoms with Crippen LogP contribution in [0.1, 0.15) is 17.2 Å². The van der Waals surface area contributed by atoms with E-state index in [1.54, 1.807) is 14.2 Å². The van der Waals surface area contributed by atoms with E-state index in [2.05, 4.69) is 22.6 Å². The predicted octanol–water partition coefficient (Wildman–Crippen LogP) is 4.01. The van der Waals surface area contributed by atoms with Crippen molar-refractivity contribution in [2.45, 2.75) is 6.04 Å². The molecule has 0 saturated carbocycles. The first-order valence-corrected chi connectivity index (χ1v) is 7.45. The van der Waals surface area contributed by atoms with Crippen LogP contribution >= 0.6 is 34.2 Å². The van der Waals surface area contributed by atoms with Gasteiger partial charge in [0.1, 0.15) is 11.5 Å². The molecule has 20 heavy (non-hydrogen) atoms. The average molecular weight is 404 g/mol. The largest absolute Gasteiger partial charge is 0.496 e. The van der Waals surface area contributed by atoms with Crippen molar-refractivity contribution in [3.63, 3.8) is 0 Å². The van der Waals surface area contributed by atoms with Crippen LogP contribution in [0, 0.1) is 3.57 Å². The molecule has 0 amide bonds. The van der Waals surface area contributed by atoms with Gasteiger partial charge in [0, 0.05) is 8.59 Å². The summed E-state index contributed by atoms with van der Waals surface area (Å²) in [6.45, 7) is 0. The van der Waals surface area contributed by atoms with Crippen LogP contribution in [-0.2, 0) is 0 Å². The fraction of sp³-hybridized carbons (Fsp3) is 0.200. The lowest BCUT2D eigenvalue weighted by molar-refractivity contribution is 0.382. The normalized spacial score (nSPS) is 12.1. The lowest BCUT2D eigenvalue weighted by Crippen LogP contribution is -2.15. The maximum Gasteiger partial charge on any atom is 0.127 e. The summed E-state index contributed by atoms with van der Waals surface area (Å²) in [7, 11) is 3.24. The molecule has 0 heterocycles. The predicted molar refractivity (Wildman–Crippen MR) is 89.7 cm³/mol. The van der Waals surface area contributed by atoms with Crippen molar-refractivity contribution in [2.75, 3.05) is 14.2 Å². The topological polar surface area (TPSA) is 44.5 Å². The van der Waals surface area contributed by atoms with Gasteiger partial charge in [-0.05, 0) is 58.5 Å². The summed E-state index contributed by atoms with van der Waals surface area (Å²) < 4.78 is 11.9. The van der Waals surface area contributed by atoms with Gasteiger partial charge in [0.15, 0.2) is 0 Å². The minimum Gasteiger partial charge on any atom is -0.496 e. The first kappa shape index (κ1) is 15.4. The molecule has 0 aromatic heterocycles. The highest BCUT2D eigenvalue weighted by atomic mass is 127. The van der Waals surface area contributed by atoms with Crippen LogP contribution in [-0.4, -0.2) is 14.2 Å².